The lowest BCUT2D eigenvalue weighted by Gasteiger charge is -2.14. The van der Waals surface area contributed by atoms with Crippen LogP contribution in [-0.4, -0.2) is 28.6 Å². The standard InChI is InChI=1S/C9H16N4O2/c1-6(7(2)10)9(14)11-4-3-8-12-5-15-13-8/h5-7H,3-4,10H2,1-2H3,(H,11,14). The Kier molecular flexibility index (Phi) is 4.23. The smallest absolute Gasteiger partial charge is 0.224 e. The number of amides is 1. The first-order valence-electron chi connectivity index (χ1n) is 4.89. The van der Waals surface area contributed by atoms with Crippen LogP contribution in [0.5, 0.6) is 0 Å². The summed E-state index contributed by atoms with van der Waals surface area (Å²) in [7, 11) is 0. The van der Waals surface area contributed by atoms with Gasteiger partial charge in [0.1, 0.15) is 0 Å². The summed E-state index contributed by atoms with van der Waals surface area (Å²) in [6.45, 7) is 4.10. The lowest BCUT2D eigenvalue weighted by Crippen LogP contribution is -2.39. The Labute approximate surface area is 88.2 Å². The summed E-state index contributed by atoms with van der Waals surface area (Å²) >= 11 is 0. The van der Waals surface area contributed by atoms with Gasteiger partial charge in [0.15, 0.2) is 5.82 Å². The van der Waals surface area contributed by atoms with E-state index in [9.17, 15) is 4.79 Å². The minimum absolute atomic E-state index is 0.0477. The first-order chi connectivity index (χ1) is 7.11. The Morgan fingerprint density at radius 3 is 2.93 bits per heavy atom. The molecular formula is C9H16N4O2. The van der Waals surface area contributed by atoms with Crippen LogP contribution in [0.15, 0.2) is 10.9 Å². The van der Waals surface area contributed by atoms with Gasteiger partial charge in [0.05, 0.1) is 0 Å². The number of nitrogens with one attached hydrogen (secondary N) is 1. The van der Waals surface area contributed by atoms with Crippen molar-refractivity contribution >= 4 is 5.91 Å². The van der Waals surface area contributed by atoms with E-state index >= 15 is 0 Å². The summed E-state index contributed by atoms with van der Waals surface area (Å²) in [5.74, 6) is 0.354. The van der Waals surface area contributed by atoms with Gasteiger partial charge in [-0.25, -0.2) is 0 Å². The summed E-state index contributed by atoms with van der Waals surface area (Å²) in [5, 5.41) is 6.39. The lowest BCUT2D eigenvalue weighted by atomic mass is 10.0. The van der Waals surface area contributed by atoms with E-state index in [1.807, 2.05) is 6.92 Å². The average molecular weight is 212 g/mol. The van der Waals surface area contributed by atoms with Crippen molar-refractivity contribution in [1.29, 1.82) is 0 Å². The summed E-state index contributed by atoms with van der Waals surface area (Å²) < 4.78 is 4.56. The number of nitrogens with two attached hydrogens (primary N) is 1. The molecule has 6 nitrogen and oxygen atoms in total. The highest BCUT2D eigenvalue weighted by molar-refractivity contribution is 5.78. The molecule has 1 amide bonds. The fourth-order valence-electron chi connectivity index (χ4n) is 1.000. The van der Waals surface area contributed by atoms with Crippen molar-refractivity contribution in [3.63, 3.8) is 0 Å². The van der Waals surface area contributed by atoms with E-state index in [0.29, 0.717) is 18.8 Å². The van der Waals surface area contributed by atoms with Crippen molar-refractivity contribution in [2.24, 2.45) is 11.7 Å². The monoisotopic (exact) mass is 212 g/mol. The van der Waals surface area contributed by atoms with E-state index < -0.39 is 0 Å². The molecule has 1 aromatic rings. The van der Waals surface area contributed by atoms with Crippen molar-refractivity contribution in [2.45, 2.75) is 26.3 Å². The maximum absolute atomic E-state index is 11.5. The van der Waals surface area contributed by atoms with Crippen molar-refractivity contribution in [1.82, 2.24) is 15.5 Å². The van der Waals surface area contributed by atoms with E-state index in [2.05, 4.69) is 20.0 Å². The van der Waals surface area contributed by atoms with E-state index in [1.165, 1.54) is 6.39 Å². The molecule has 2 unspecified atom stereocenters. The van der Waals surface area contributed by atoms with Crippen LogP contribution in [0.2, 0.25) is 0 Å². The van der Waals surface area contributed by atoms with Gasteiger partial charge in [-0.15, -0.1) is 0 Å². The van der Waals surface area contributed by atoms with Crippen LogP contribution in [0.3, 0.4) is 0 Å². The number of aromatic nitrogens is 2. The van der Waals surface area contributed by atoms with Gasteiger partial charge in [-0.1, -0.05) is 12.1 Å². The number of nitrogens with zero attached hydrogens (tertiary/aromatic N) is 2. The van der Waals surface area contributed by atoms with Gasteiger partial charge < -0.3 is 15.6 Å². The summed E-state index contributed by atoms with van der Waals surface area (Å²) in [6.07, 6.45) is 1.83. The highest BCUT2D eigenvalue weighted by atomic mass is 16.5. The molecule has 0 aromatic carbocycles. The highest BCUT2D eigenvalue weighted by Crippen LogP contribution is 1.99. The summed E-state index contributed by atoms with van der Waals surface area (Å²) in [6, 6.07) is -0.143. The molecule has 6 heteroatoms. The second-order valence-electron chi connectivity index (χ2n) is 3.54. The van der Waals surface area contributed by atoms with Crippen LogP contribution >= 0.6 is 0 Å². The van der Waals surface area contributed by atoms with Crippen LogP contribution in [0.25, 0.3) is 0 Å². The van der Waals surface area contributed by atoms with Crippen LogP contribution in [0.4, 0.5) is 0 Å². The molecule has 0 saturated heterocycles. The third-order valence-electron chi connectivity index (χ3n) is 2.26. The van der Waals surface area contributed by atoms with E-state index in [-0.39, 0.29) is 17.9 Å². The fraction of sp³-hybridized carbons (Fsp3) is 0.667. The molecule has 1 aromatic heterocycles. The number of rotatable bonds is 5. The topological polar surface area (TPSA) is 94.0 Å². The van der Waals surface area contributed by atoms with Crippen LogP contribution < -0.4 is 11.1 Å². The van der Waals surface area contributed by atoms with Crippen LogP contribution in [-0.2, 0) is 11.2 Å². The number of carbonyl (C=O) groups excluding carboxylic acids is 1. The molecule has 2 atom stereocenters. The Hall–Kier alpha value is -1.43. The Balaban J connectivity index is 2.23. The Morgan fingerprint density at radius 2 is 2.40 bits per heavy atom. The van der Waals surface area contributed by atoms with Gasteiger partial charge in [-0.05, 0) is 6.92 Å². The Morgan fingerprint density at radius 1 is 1.67 bits per heavy atom. The third-order valence-corrected chi connectivity index (χ3v) is 2.26. The lowest BCUT2D eigenvalue weighted by molar-refractivity contribution is -0.124. The molecule has 1 rings (SSSR count). The number of hydrogen-bond donors (Lipinski definition) is 2. The van der Waals surface area contributed by atoms with Crippen LogP contribution in [0, 0.1) is 5.92 Å². The summed E-state index contributed by atoms with van der Waals surface area (Å²) in [5.41, 5.74) is 5.60. The van der Waals surface area contributed by atoms with Gasteiger partial charge in [0.2, 0.25) is 12.3 Å². The Bertz CT molecular complexity index is 297. The molecule has 0 aliphatic rings. The third kappa shape index (κ3) is 3.67. The van der Waals surface area contributed by atoms with Gasteiger partial charge in [-0.2, -0.15) is 4.98 Å². The van der Waals surface area contributed by atoms with Gasteiger partial charge >= 0.3 is 0 Å². The predicted molar refractivity (Wildman–Crippen MR) is 53.8 cm³/mol. The van der Waals surface area contributed by atoms with E-state index in [4.69, 9.17) is 5.73 Å². The van der Waals surface area contributed by atoms with Gasteiger partial charge in [-0.3, -0.25) is 4.79 Å². The van der Waals surface area contributed by atoms with E-state index in [1.54, 1.807) is 6.92 Å². The average Bonchev–Trinajstić information content (AvgIpc) is 2.69. The molecule has 0 bridgehead atoms. The quantitative estimate of drug-likeness (QED) is 0.699. The van der Waals surface area contributed by atoms with Gasteiger partial charge in [0.25, 0.3) is 0 Å². The van der Waals surface area contributed by atoms with E-state index in [0.717, 1.165) is 0 Å². The molecule has 0 aliphatic heterocycles. The van der Waals surface area contributed by atoms with Gasteiger partial charge in [0, 0.05) is 24.9 Å². The molecule has 15 heavy (non-hydrogen) atoms. The summed E-state index contributed by atoms with van der Waals surface area (Å²) in [4.78, 5) is 15.3. The SMILES string of the molecule is CC(N)C(C)C(=O)NCCc1ncon1. The molecule has 84 valence electrons. The van der Waals surface area contributed by atoms with Crippen molar-refractivity contribution in [3.05, 3.63) is 12.2 Å². The molecule has 0 radical (unpaired) electrons. The molecule has 3 N–H and O–H groups in total. The van der Waals surface area contributed by atoms with Crippen molar-refractivity contribution in [2.75, 3.05) is 6.54 Å². The molecule has 0 spiro atoms. The maximum atomic E-state index is 11.5. The molecule has 0 saturated carbocycles. The second kappa shape index (κ2) is 5.45. The number of hydrogen-bond acceptors (Lipinski definition) is 5. The highest BCUT2D eigenvalue weighted by Gasteiger charge is 2.16. The second-order valence-corrected chi connectivity index (χ2v) is 3.54. The van der Waals surface area contributed by atoms with Crippen LogP contribution in [0.1, 0.15) is 19.7 Å². The minimum Gasteiger partial charge on any atom is -0.355 e. The first-order valence-corrected chi connectivity index (χ1v) is 4.89. The molecule has 0 fully saturated rings. The van der Waals surface area contributed by atoms with Crippen molar-refractivity contribution < 1.29 is 9.32 Å². The fourth-order valence-corrected chi connectivity index (χ4v) is 1.000. The largest absolute Gasteiger partial charge is 0.355 e. The molecule has 0 aliphatic carbocycles. The zero-order valence-corrected chi connectivity index (χ0v) is 8.93. The zero-order valence-electron chi connectivity index (χ0n) is 8.93. The minimum atomic E-state index is -0.185. The molecular weight excluding hydrogens is 196 g/mol. The molecule has 1 heterocycles. The predicted octanol–water partition coefficient (Wildman–Crippen LogP) is -0.288. The van der Waals surface area contributed by atoms with Crippen molar-refractivity contribution in [3.8, 4) is 0 Å². The first kappa shape index (κ1) is 11.6. The maximum Gasteiger partial charge on any atom is 0.224 e. The number of carbonyl (C=O) groups is 1. The zero-order chi connectivity index (χ0) is 11.3. The normalized spacial score (nSPS) is 14.6.